The van der Waals surface area contributed by atoms with Crippen LogP contribution in [0.4, 0.5) is 5.88 Å². The summed E-state index contributed by atoms with van der Waals surface area (Å²) >= 11 is 0. The number of carbonyl (C=O) groups is 4. The molecule has 0 spiro atoms. The lowest BCUT2D eigenvalue weighted by atomic mass is 10.1. The molecule has 1 aromatic heterocycles. The summed E-state index contributed by atoms with van der Waals surface area (Å²) in [6, 6.07) is 4.07. The van der Waals surface area contributed by atoms with Crippen LogP contribution in [-0.4, -0.2) is 65.1 Å². The van der Waals surface area contributed by atoms with Gasteiger partial charge in [0, 0.05) is 6.42 Å². The normalized spacial score (nSPS) is 14.0. The maximum absolute atomic E-state index is 13.1. The van der Waals surface area contributed by atoms with Crippen LogP contribution in [0.15, 0.2) is 46.9 Å². The second-order valence-corrected chi connectivity index (χ2v) is 9.87. The van der Waals surface area contributed by atoms with Crippen LogP contribution in [-0.2, 0) is 34.8 Å². The molecule has 0 aliphatic heterocycles. The van der Waals surface area contributed by atoms with Gasteiger partial charge in [-0.2, -0.15) is 0 Å². The molecular weight excluding hydrogens is 516 g/mol. The molecule has 0 aliphatic carbocycles. The van der Waals surface area contributed by atoms with Gasteiger partial charge in [0.2, 0.25) is 11.8 Å². The largest absolute Gasteiger partial charge is 0.480 e. The quantitative estimate of drug-likeness (QED) is 0.153. The van der Waals surface area contributed by atoms with Crippen molar-refractivity contribution in [1.29, 1.82) is 0 Å². The Balaban J connectivity index is 2.32. The van der Waals surface area contributed by atoms with Gasteiger partial charge in [0.1, 0.15) is 28.5 Å². The van der Waals surface area contributed by atoms with E-state index in [0.717, 1.165) is 12.1 Å². The van der Waals surface area contributed by atoms with Crippen LogP contribution in [0.5, 0.6) is 0 Å². The molecule has 0 saturated carbocycles. The molecule has 200 valence electrons. The van der Waals surface area contributed by atoms with E-state index in [2.05, 4.69) is 5.32 Å². The van der Waals surface area contributed by atoms with Crippen molar-refractivity contribution < 1.29 is 48.6 Å². The number of carbonyl (C=O) groups excluding carboxylic acids is 2. The number of hydrogen-bond donors (Lipinski definition) is 5. The van der Waals surface area contributed by atoms with E-state index in [4.69, 9.17) is 16.7 Å². The van der Waals surface area contributed by atoms with E-state index in [1.807, 2.05) is 0 Å². The highest BCUT2D eigenvalue weighted by molar-refractivity contribution is 7.90. The number of carboxylic acid groups (broad SMARTS) is 2. The van der Waals surface area contributed by atoms with Crippen molar-refractivity contribution in [3.63, 3.8) is 0 Å². The summed E-state index contributed by atoms with van der Waals surface area (Å²) in [4.78, 5) is 58.2. The number of nitro groups is 1. The van der Waals surface area contributed by atoms with Crippen LogP contribution in [0.25, 0.3) is 0 Å². The van der Waals surface area contributed by atoms with Gasteiger partial charge in [0.25, 0.3) is 0 Å². The third kappa shape index (κ3) is 9.01. The topological polar surface area (TPSA) is 249 Å². The van der Waals surface area contributed by atoms with Crippen LogP contribution in [0.1, 0.15) is 30.2 Å². The Morgan fingerprint density at radius 3 is 2.30 bits per heavy atom. The van der Waals surface area contributed by atoms with Gasteiger partial charge in [-0.3, -0.25) is 24.5 Å². The van der Waals surface area contributed by atoms with Crippen molar-refractivity contribution in [3.05, 3.63) is 63.9 Å². The number of furan rings is 1. The molecule has 6 N–H and O–H groups in total. The summed E-state index contributed by atoms with van der Waals surface area (Å²) < 4.78 is 38.6. The third-order valence-electron chi connectivity index (χ3n) is 4.86. The van der Waals surface area contributed by atoms with E-state index in [1.165, 1.54) is 24.3 Å². The minimum atomic E-state index is -4.39. The smallest absolute Gasteiger partial charge is 0.433 e. The number of benzene rings is 1. The first-order valence-corrected chi connectivity index (χ1v) is 12.3. The first-order chi connectivity index (χ1) is 17.7. The van der Waals surface area contributed by atoms with Crippen molar-refractivity contribution >= 4 is 39.5 Å². The Morgan fingerprint density at radius 1 is 1.11 bits per heavy atom. The minimum Gasteiger partial charge on any atom is -0.480 e. The van der Waals surface area contributed by atoms with Gasteiger partial charge < -0.3 is 31.0 Å². The highest BCUT2D eigenvalue weighted by Gasteiger charge is 2.32. The maximum atomic E-state index is 13.1. The average Bonchev–Trinajstić information content (AvgIpc) is 3.31. The van der Waals surface area contributed by atoms with Gasteiger partial charge in [-0.25, -0.2) is 13.2 Å². The van der Waals surface area contributed by atoms with E-state index in [1.54, 1.807) is 6.07 Å². The number of nitrogens with two attached hydrogens (primary N) is 1. The molecular formula is C21H24N4O11S. The van der Waals surface area contributed by atoms with Crippen molar-refractivity contribution in [2.24, 2.45) is 5.73 Å². The molecule has 0 saturated heterocycles. The number of rotatable bonds is 14. The molecule has 0 bridgehead atoms. The highest BCUT2D eigenvalue weighted by atomic mass is 32.2. The number of carboxylic acids is 2. The predicted octanol–water partition coefficient (Wildman–Crippen LogP) is -0.278. The highest BCUT2D eigenvalue weighted by Crippen LogP contribution is 2.19. The summed E-state index contributed by atoms with van der Waals surface area (Å²) in [7, 11) is -4.39. The van der Waals surface area contributed by atoms with Crippen molar-refractivity contribution in [2.45, 2.75) is 36.7 Å². The van der Waals surface area contributed by atoms with Gasteiger partial charge in [0.15, 0.2) is 17.3 Å². The van der Waals surface area contributed by atoms with Crippen molar-refractivity contribution in [2.75, 3.05) is 5.75 Å². The zero-order valence-electron chi connectivity index (χ0n) is 20.1. The molecule has 2 rings (SSSR count). The second kappa shape index (κ2) is 12.6. The average molecular weight is 542 g/mol. The fourth-order valence-electron chi connectivity index (χ4n) is 3.04. The van der Waals surface area contributed by atoms with Gasteiger partial charge >= 0.3 is 17.8 Å². The number of nitrogens with zero attached hydrogens (tertiary/aromatic N) is 1. The van der Waals surface area contributed by atoms with Crippen LogP contribution in [0.3, 0.4) is 0 Å². The molecule has 2 aromatic rings. The molecule has 1 heterocycles. The first kappa shape index (κ1) is 27.3. The van der Waals surface area contributed by atoms with Crippen LogP contribution in [0, 0.1) is 10.1 Å². The van der Waals surface area contributed by atoms with Crippen molar-refractivity contribution in [3.8, 4) is 0 Å². The Bertz CT molecular complexity index is 1300. The lowest BCUT2D eigenvalue weighted by molar-refractivity contribution is -0.402. The zero-order chi connectivity index (χ0) is 28.6. The summed E-state index contributed by atoms with van der Waals surface area (Å²) in [5.74, 6) is -8.59. The third-order valence-corrected chi connectivity index (χ3v) is 6.40. The number of aliphatic carboxylic acids is 2. The first-order valence-electron chi connectivity index (χ1n) is 11.0. The Morgan fingerprint density at radius 2 is 1.76 bits per heavy atom. The fraction of sp³-hybridized carbons (Fsp3) is 0.333. The predicted molar refractivity (Wildman–Crippen MR) is 125 cm³/mol. The fourth-order valence-corrected chi connectivity index (χ4v) is 4.46. The molecule has 2 amide bonds. The summed E-state index contributed by atoms with van der Waals surface area (Å²) in [6.07, 6.45) is -1.06. The lowest BCUT2D eigenvalue weighted by Crippen LogP contribution is -2.52. The van der Waals surface area contributed by atoms with Crippen LogP contribution < -0.4 is 16.4 Å². The van der Waals surface area contributed by atoms with Crippen LogP contribution >= 0.6 is 0 Å². The number of sulfone groups is 1. The SMILES string of the molecule is [2H]N(C(=O)CC[C@H](N)C(=O)O)[C@@H](CS(=O)(=O)Cc1ccc([N+](=O)[O-])o1)C(=O)NC(C(=O)O)c1ccccc1. The van der Waals surface area contributed by atoms with Gasteiger partial charge in [-0.05, 0) is 18.1 Å². The Kier molecular flexibility index (Phi) is 9.28. The monoisotopic (exact) mass is 541 g/mol. The molecule has 16 heteroatoms. The van der Waals surface area contributed by atoms with Gasteiger partial charge in [-0.15, -0.1) is 0 Å². The summed E-state index contributed by atoms with van der Waals surface area (Å²) in [5, 5.41) is 31.4. The molecule has 15 nitrogen and oxygen atoms in total. The van der Waals surface area contributed by atoms with E-state index in [-0.39, 0.29) is 16.6 Å². The summed E-state index contributed by atoms with van der Waals surface area (Å²) in [5.41, 5.74) is 5.46. The molecule has 1 aromatic carbocycles. The number of amides is 2. The van der Waals surface area contributed by atoms with Crippen molar-refractivity contribution in [1.82, 2.24) is 10.6 Å². The molecule has 3 atom stereocenters. The van der Waals surface area contributed by atoms with Crippen LogP contribution in [0.2, 0.25) is 1.41 Å². The Hall–Kier alpha value is -4.31. The minimum absolute atomic E-state index is 0.00986. The van der Waals surface area contributed by atoms with E-state index in [9.17, 15) is 42.8 Å². The second-order valence-electron chi connectivity index (χ2n) is 7.76. The number of hydrogen-bond acceptors (Lipinski definition) is 10. The van der Waals surface area contributed by atoms with Gasteiger partial charge in [-0.1, -0.05) is 30.3 Å². The standard InChI is InChI=1S/C21H24N4O11S/c22-14(20(28)29)7-8-16(26)23-15(11-37(34,35)10-13-6-9-17(36-13)25(32)33)19(27)24-18(21(30)31)12-4-2-1-3-5-12/h1-6,9,14-15,18H,7-8,10-11,22H2,(H,23,26)(H,24,27)(H,28,29)(H,30,31)/t14-,15-,18?/m0/s1/i/hD. The maximum Gasteiger partial charge on any atom is 0.433 e. The molecule has 0 aliphatic rings. The lowest BCUT2D eigenvalue weighted by Gasteiger charge is -2.22. The Labute approximate surface area is 211 Å². The number of nitrogens with one attached hydrogen (secondary N) is 2. The zero-order valence-corrected chi connectivity index (χ0v) is 19.9. The summed E-state index contributed by atoms with van der Waals surface area (Å²) in [6.45, 7) is 0. The molecule has 0 radical (unpaired) electrons. The molecule has 0 fully saturated rings. The molecule has 1 unspecified atom stereocenters. The van der Waals surface area contributed by atoms with E-state index in [0.29, 0.717) is 0 Å². The van der Waals surface area contributed by atoms with E-state index >= 15 is 0 Å². The van der Waals surface area contributed by atoms with Gasteiger partial charge in [0.05, 0.1) is 11.8 Å². The molecule has 37 heavy (non-hydrogen) atoms. The van der Waals surface area contributed by atoms with E-state index < -0.39 is 86.9 Å².